The van der Waals surface area contributed by atoms with E-state index in [0.717, 1.165) is 36.8 Å². The topological polar surface area (TPSA) is 93.5 Å². The molecule has 0 saturated heterocycles. The van der Waals surface area contributed by atoms with E-state index in [9.17, 15) is 14.4 Å². The van der Waals surface area contributed by atoms with Gasteiger partial charge < -0.3 is 10.1 Å². The third kappa shape index (κ3) is 3.78. The Bertz CT molecular complexity index is 1070. The maximum Gasteiger partial charge on any atom is 0.358 e. The summed E-state index contributed by atoms with van der Waals surface area (Å²) in [5.74, 6) is -1.20. The van der Waals surface area contributed by atoms with E-state index in [-0.39, 0.29) is 35.8 Å². The average Bonchev–Trinajstić information content (AvgIpc) is 3.19. The Morgan fingerprint density at radius 2 is 1.88 bits per heavy atom. The predicted octanol–water partition coefficient (Wildman–Crippen LogP) is 3.15. The summed E-state index contributed by atoms with van der Waals surface area (Å²) >= 11 is 0. The van der Waals surface area contributed by atoms with Gasteiger partial charge in [-0.2, -0.15) is 5.10 Å². The van der Waals surface area contributed by atoms with Crippen molar-refractivity contribution in [3.05, 3.63) is 46.8 Å². The number of carbonyl (C=O) groups is 3. The van der Waals surface area contributed by atoms with Crippen LogP contribution in [-0.4, -0.2) is 46.3 Å². The Morgan fingerprint density at radius 3 is 2.53 bits per heavy atom. The fourth-order valence-electron chi connectivity index (χ4n) is 4.81. The van der Waals surface area contributed by atoms with Crippen LogP contribution in [0.1, 0.15) is 71.1 Å². The lowest BCUT2D eigenvalue weighted by Gasteiger charge is -2.44. The summed E-state index contributed by atoms with van der Waals surface area (Å²) in [4.78, 5) is 41.0. The van der Waals surface area contributed by atoms with Crippen LogP contribution in [-0.2, 0) is 16.1 Å². The van der Waals surface area contributed by atoms with Crippen LogP contribution in [0.15, 0.2) is 24.3 Å². The Hall–Kier alpha value is -3.16. The number of aromatic nitrogens is 2. The Kier molecular flexibility index (Phi) is 5.79. The van der Waals surface area contributed by atoms with Crippen LogP contribution in [0.3, 0.4) is 0 Å². The van der Waals surface area contributed by atoms with Gasteiger partial charge in [0.05, 0.1) is 13.7 Å². The zero-order valence-electron chi connectivity index (χ0n) is 19.1. The molecule has 1 N–H and O–H groups in total. The molecule has 1 aliphatic carbocycles. The molecule has 2 heterocycles. The lowest BCUT2D eigenvalue weighted by molar-refractivity contribution is -0.127. The van der Waals surface area contributed by atoms with Gasteiger partial charge in [-0.05, 0) is 45.2 Å². The highest BCUT2D eigenvalue weighted by Crippen LogP contribution is 2.35. The van der Waals surface area contributed by atoms with Crippen molar-refractivity contribution in [3.63, 3.8) is 0 Å². The van der Waals surface area contributed by atoms with Gasteiger partial charge in [0, 0.05) is 17.8 Å². The van der Waals surface area contributed by atoms with Gasteiger partial charge in [-0.1, -0.05) is 37.0 Å². The number of ether oxygens (including phenoxy) is 1. The molecule has 1 aliphatic heterocycles. The van der Waals surface area contributed by atoms with Gasteiger partial charge in [0.1, 0.15) is 11.2 Å². The Balaban J connectivity index is 1.78. The lowest BCUT2D eigenvalue weighted by atomic mass is 9.90. The first-order valence-electron chi connectivity index (χ1n) is 11.1. The second-order valence-corrected chi connectivity index (χ2v) is 9.08. The Labute approximate surface area is 187 Å². The molecule has 4 rings (SSSR count). The van der Waals surface area contributed by atoms with Crippen molar-refractivity contribution in [3.8, 4) is 0 Å². The number of hydrogen-bond donors (Lipinski definition) is 1. The number of benzene rings is 1. The number of amides is 2. The van der Waals surface area contributed by atoms with E-state index in [1.54, 1.807) is 11.8 Å². The zero-order valence-corrected chi connectivity index (χ0v) is 19.1. The third-order valence-corrected chi connectivity index (χ3v) is 6.57. The van der Waals surface area contributed by atoms with Crippen LogP contribution in [0, 0.1) is 13.8 Å². The summed E-state index contributed by atoms with van der Waals surface area (Å²) in [7, 11) is 1.27. The van der Waals surface area contributed by atoms with Crippen molar-refractivity contribution in [1.82, 2.24) is 15.1 Å². The van der Waals surface area contributed by atoms with E-state index in [2.05, 4.69) is 10.4 Å². The minimum Gasteiger partial charge on any atom is -0.464 e. The van der Waals surface area contributed by atoms with Gasteiger partial charge in [0.15, 0.2) is 5.69 Å². The van der Waals surface area contributed by atoms with E-state index in [4.69, 9.17) is 4.74 Å². The van der Waals surface area contributed by atoms with Crippen LogP contribution >= 0.6 is 0 Å². The maximum atomic E-state index is 13.7. The molecular weight excluding hydrogens is 408 g/mol. The average molecular weight is 439 g/mol. The van der Waals surface area contributed by atoms with Crippen LogP contribution in [0.4, 0.5) is 5.69 Å². The highest BCUT2D eigenvalue weighted by atomic mass is 16.5. The van der Waals surface area contributed by atoms with E-state index in [1.807, 2.05) is 32.0 Å². The van der Waals surface area contributed by atoms with Gasteiger partial charge >= 0.3 is 5.97 Å². The van der Waals surface area contributed by atoms with Crippen molar-refractivity contribution in [1.29, 1.82) is 0 Å². The number of carbonyl (C=O) groups excluding carboxylic acids is 3. The number of aryl methyl sites for hydroxylation is 2. The summed E-state index contributed by atoms with van der Waals surface area (Å²) in [6, 6.07) is 7.34. The first-order chi connectivity index (χ1) is 15.2. The van der Waals surface area contributed by atoms with Gasteiger partial charge in [0.25, 0.3) is 5.91 Å². The van der Waals surface area contributed by atoms with Gasteiger partial charge in [-0.15, -0.1) is 0 Å². The molecule has 2 aliphatic rings. The molecule has 32 heavy (non-hydrogen) atoms. The second kappa shape index (κ2) is 8.41. The normalized spacial score (nSPS) is 21.2. The van der Waals surface area contributed by atoms with Crippen molar-refractivity contribution in [2.24, 2.45) is 0 Å². The summed E-state index contributed by atoms with van der Waals surface area (Å²) in [5, 5.41) is 7.46. The van der Waals surface area contributed by atoms with E-state index in [1.165, 1.54) is 24.3 Å². The van der Waals surface area contributed by atoms with E-state index >= 15 is 0 Å². The fraction of sp³-hybridized carbons (Fsp3) is 0.500. The van der Waals surface area contributed by atoms with Crippen LogP contribution < -0.4 is 10.2 Å². The molecule has 2 amide bonds. The molecule has 2 aromatic rings. The number of esters is 1. The second-order valence-electron chi connectivity index (χ2n) is 9.08. The molecule has 0 spiro atoms. The van der Waals surface area contributed by atoms with E-state index in [0.29, 0.717) is 5.69 Å². The monoisotopic (exact) mass is 438 g/mol. The summed E-state index contributed by atoms with van der Waals surface area (Å²) < 4.78 is 6.23. The summed E-state index contributed by atoms with van der Waals surface area (Å²) in [6.45, 7) is 5.82. The van der Waals surface area contributed by atoms with Crippen molar-refractivity contribution < 1.29 is 19.1 Å². The molecule has 1 aromatic heterocycles. The quantitative estimate of drug-likeness (QED) is 0.740. The molecule has 0 unspecified atom stereocenters. The van der Waals surface area contributed by atoms with Crippen LogP contribution in [0.2, 0.25) is 0 Å². The largest absolute Gasteiger partial charge is 0.464 e. The number of hydrogen-bond acceptors (Lipinski definition) is 5. The SMILES string of the molecule is COC(=O)c1cc2n(n1)C[C@@](C)(C(=O)NC1CCCCC1)N(c1ccc(C)cc1C)C2=O. The molecule has 8 heteroatoms. The molecule has 1 fully saturated rings. The number of nitrogens with one attached hydrogen (secondary N) is 1. The van der Waals surface area contributed by atoms with Gasteiger partial charge in [-0.3, -0.25) is 19.2 Å². The van der Waals surface area contributed by atoms with Crippen molar-refractivity contribution >= 4 is 23.5 Å². The molecule has 170 valence electrons. The highest BCUT2D eigenvalue weighted by molar-refractivity contribution is 6.12. The zero-order chi connectivity index (χ0) is 23.0. The third-order valence-electron chi connectivity index (χ3n) is 6.57. The lowest BCUT2D eigenvalue weighted by Crippen LogP contribution is -2.65. The number of fused-ring (bicyclic) bond motifs is 1. The summed E-state index contributed by atoms with van der Waals surface area (Å²) in [6.07, 6.45) is 5.25. The fourth-order valence-corrected chi connectivity index (χ4v) is 4.81. The number of methoxy groups -OCH3 is 1. The molecular formula is C24H30N4O4. The minimum absolute atomic E-state index is 0.0494. The van der Waals surface area contributed by atoms with Crippen molar-refractivity contribution in [2.75, 3.05) is 12.0 Å². The maximum absolute atomic E-state index is 13.7. The van der Waals surface area contributed by atoms with Gasteiger partial charge in [-0.25, -0.2) is 4.79 Å². The van der Waals surface area contributed by atoms with Crippen LogP contribution in [0.25, 0.3) is 0 Å². The highest BCUT2D eigenvalue weighted by Gasteiger charge is 2.50. The number of nitrogens with zero attached hydrogens (tertiary/aromatic N) is 3. The smallest absolute Gasteiger partial charge is 0.358 e. The summed E-state index contributed by atoms with van der Waals surface area (Å²) in [5.41, 5.74) is 1.75. The molecule has 1 atom stereocenters. The molecule has 1 saturated carbocycles. The van der Waals surface area contributed by atoms with Crippen molar-refractivity contribution in [2.45, 2.75) is 71.0 Å². The molecule has 0 bridgehead atoms. The Morgan fingerprint density at radius 1 is 1.16 bits per heavy atom. The first-order valence-corrected chi connectivity index (χ1v) is 11.1. The minimum atomic E-state index is -1.21. The predicted molar refractivity (Wildman–Crippen MR) is 120 cm³/mol. The molecule has 0 radical (unpaired) electrons. The standard InChI is InChI=1S/C24H30N4O4/c1-15-10-11-19(16(2)12-15)28-21(29)20-13-18(22(30)32-4)26-27(20)14-24(28,3)23(31)25-17-8-6-5-7-9-17/h10-13,17H,5-9,14H2,1-4H3,(H,25,31)/t24-/m0/s1. The van der Waals surface area contributed by atoms with E-state index < -0.39 is 11.5 Å². The molecule has 1 aromatic carbocycles. The van der Waals surface area contributed by atoms with Gasteiger partial charge in [0.2, 0.25) is 5.91 Å². The molecule has 8 nitrogen and oxygen atoms in total. The van der Waals surface area contributed by atoms with Crippen LogP contribution in [0.5, 0.6) is 0 Å². The number of anilines is 1. The first kappa shape index (κ1) is 22.0. The number of rotatable bonds is 4.